The van der Waals surface area contributed by atoms with E-state index in [9.17, 15) is 23.1 Å². The van der Waals surface area contributed by atoms with Crippen molar-refractivity contribution in [2.24, 2.45) is 0 Å². The molecule has 0 radical (unpaired) electrons. The average molecular weight is 318 g/mol. The number of ketones is 1. The molecule has 22 heavy (non-hydrogen) atoms. The zero-order valence-electron chi connectivity index (χ0n) is 11.6. The summed E-state index contributed by atoms with van der Waals surface area (Å²) >= 11 is 0. The summed E-state index contributed by atoms with van der Waals surface area (Å²) in [6.07, 6.45) is 0. The SMILES string of the molecule is CC(=O)c1cccc(NS(=O)(=O)c2cccc(C(=O)[O-])c2)c1. The van der Waals surface area contributed by atoms with Gasteiger partial charge in [-0.1, -0.05) is 24.3 Å². The van der Waals surface area contributed by atoms with E-state index in [1.54, 1.807) is 12.1 Å². The number of aromatic carboxylic acids is 1. The first-order chi connectivity index (χ1) is 10.3. The average Bonchev–Trinajstić information content (AvgIpc) is 2.47. The van der Waals surface area contributed by atoms with Gasteiger partial charge in [0.25, 0.3) is 10.0 Å². The van der Waals surface area contributed by atoms with Crippen LogP contribution in [0.5, 0.6) is 0 Å². The van der Waals surface area contributed by atoms with Gasteiger partial charge in [-0.15, -0.1) is 0 Å². The van der Waals surface area contributed by atoms with E-state index >= 15 is 0 Å². The zero-order valence-corrected chi connectivity index (χ0v) is 12.4. The minimum absolute atomic E-state index is 0.194. The number of Topliss-reactive ketones (excluding diaryl/α,β-unsaturated/α-hetero) is 1. The van der Waals surface area contributed by atoms with Crippen molar-refractivity contribution in [3.8, 4) is 0 Å². The Hall–Kier alpha value is -2.67. The summed E-state index contributed by atoms with van der Waals surface area (Å²) in [5.41, 5.74) is 0.343. The smallest absolute Gasteiger partial charge is 0.261 e. The largest absolute Gasteiger partial charge is 0.545 e. The molecule has 0 saturated heterocycles. The number of benzene rings is 2. The van der Waals surface area contributed by atoms with E-state index in [0.29, 0.717) is 5.56 Å². The maximum absolute atomic E-state index is 12.2. The normalized spacial score (nSPS) is 11.0. The Kier molecular flexibility index (Phi) is 4.27. The molecule has 0 amide bonds. The highest BCUT2D eigenvalue weighted by Crippen LogP contribution is 2.18. The van der Waals surface area contributed by atoms with Gasteiger partial charge in [-0.3, -0.25) is 9.52 Å². The number of hydrogen-bond acceptors (Lipinski definition) is 5. The number of carbonyl (C=O) groups is 2. The van der Waals surface area contributed by atoms with Crippen LogP contribution in [0.25, 0.3) is 0 Å². The number of carbonyl (C=O) groups excluding carboxylic acids is 2. The molecule has 0 aromatic heterocycles. The second-order valence-electron chi connectivity index (χ2n) is 4.56. The van der Waals surface area contributed by atoms with Crippen LogP contribution >= 0.6 is 0 Å². The van der Waals surface area contributed by atoms with Crippen molar-refractivity contribution >= 4 is 27.5 Å². The van der Waals surface area contributed by atoms with Crippen LogP contribution in [0, 0.1) is 0 Å². The molecule has 0 aliphatic heterocycles. The minimum Gasteiger partial charge on any atom is -0.545 e. The summed E-state index contributed by atoms with van der Waals surface area (Å²) in [5, 5.41) is 10.8. The summed E-state index contributed by atoms with van der Waals surface area (Å²) in [6.45, 7) is 1.37. The van der Waals surface area contributed by atoms with Crippen molar-refractivity contribution in [3.05, 3.63) is 59.7 Å². The molecule has 0 spiro atoms. The first-order valence-electron chi connectivity index (χ1n) is 6.25. The van der Waals surface area contributed by atoms with Crippen molar-refractivity contribution in [1.82, 2.24) is 0 Å². The fraction of sp³-hybridized carbons (Fsp3) is 0.0667. The van der Waals surface area contributed by atoms with Gasteiger partial charge in [0, 0.05) is 11.3 Å². The minimum atomic E-state index is -3.96. The molecule has 0 atom stereocenters. The number of carboxylic acids is 1. The third-order valence-corrected chi connectivity index (χ3v) is 4.28. The lowest BCUT2D eigenvalue weighted by Gasteiger charge is -2.10. The van der Waals surface area contributed by atoms with Crippen LogP contribution in [0.2, 0.25) is 0 Å². The number of rotatable bonds is 5. The van der Waals surface area contributed by atoms with Gasteiger partial charge in [0.1, 0.15) is 0 Å². The molecule has 0 aliphatic rings. The van der Waals surface area contributed by atoms with E-state index in [1.165, 1.54) is 37.3 Å². The molecular weight excluding hydrogens is 306 g/mol. The van der Waals surface area contributed by atoms with Crippen molar-refractivity contribution in [2.45, 2.75) is 11.8 Å². The first-order valence-corrected chi connectivity index (χ1v) is 7.73. The van der Waals surface area contributed by atoms with E-state index in [1.807, 2.05) is 0 Å². The Balaban J connectivity index is 2.35. The van der Waals surface area contributed by atoms with Crippen LogP contribution in [0.15, 0.2) is 53.4 Å². The molecule has 114 valence electrons. The molecule has 2 aromatic rings. The van der Waals surface area contributed by atoms with E-state index < -0.39 is 16.0 Å². The topological polar surface area (TPSA) is 103 Å². The number of sulfonamides is 1. The fourth-order valence-electron chi connectivity index (χ4n) is 1.81. The molecule has 0 fully saturated rings. The Morgan fingerprint density at radius 2 is 1.64 bits per heavy atom. The lowest BCUT2D eigenvalue weighted by molar-refractivity contribution is -0.255. The first kappa shape index (κ1) is 15.7. The third kappa shape index (κ3) is 3.50. The molecule has 7 heteroatoms. The quantitative estimate of drug-likeness (QED) is 0.830. The summed E-state index contributed by atoms with van der Waals surface area (Å²) in [7, 11) is -3.96. The molecule has 2 aromatic carbocycles. The summed E-state index contributed by atoms with van der Waals surface area (Å²) < 4.78 is 26.8. The highest BCUT2D eigenvalue weighted by Gasteiger charge is 2.15. The Labute approximate surface area is 127 Å². The highest BCUT2D eigenvalue weighted by molar-refractivity contribution is 7.92. The van der Waals surface area contributed by atoms with E-state index in [0.717, 1.165) is 6.07 Å². The van der Waals surface area contributed by atoms with Crippen LogP contribution < -0.4 is 9.83 Å². The van der Waals surface area contributed by atoms with Crippen molar-refractivity contribution in [1.29, 1.82) is 0 Å². The number of carboxylic acid groups (broad SMARTS) is 1. The van der Waals surface area contributed by atoms with E-state index in [2.05, 4.69) is 4.72 Å². The number of hydrogen-bond donors (Lipinski definition) is 1. The Bertz CT molecular complexity index is 843. The molecule has 0 unspecified atom stereocenters. The lowest BCUT2D eigenvalue weighted by atomic mass is 10.1. The van der Waals surface area contributed by atoms with Crippen LogP contribution in [-0.2, 0) is 10.0 Å². The predicted molar refractivity (Wildman–Crippen MR) is 78.0 cm³/mol. The zero-order chi connectivity index (χ0) is 16.3. The molecule has 0 aliphatic carbocycles. The maximum atomic E-state index is 12.2. The Morgan fingerprint density at radius 1 is 1.00 bits per heavy atom. The van der Waals surface area contributed by atoms with Gasteiger partial charge < -0.3 is 9.90 Å². The molecule has 6 nitrogen and oxygen atoms in total. The van der Waals surface area contributed by atoms with Crippen LogP contribution in [0.3, 0.4) is 0 Å². The third-order valence-electron chi connectivity index (χ3n) is 2.90. The van der Waals surface area contributed by atoms with Gasteiger partial charge in [-0.2, -0.15) is 0 Å². The summed E-state index contributed by atoms with van der Waals surface area (Å²) in [4.78, 5) is 21.9. The van der Waals surface area contributed by atoms with Gasteiger partial charge in [0.2, 0.25) is 0 Å². The molecule has 0 bridgehead atoms. The maximum Gasteiger partial charge on any atom is 0.261 e. The molecule has 0 heterocycles. The fourth-order valence-corrected chi connectivity index (χ4v) is 2.90. The van der Waals surface area contributed by atoms with E-state index in [-0.39, 0.29) is 21.9 Å². The van der Waals surface area contributed by atoms with Crippen molar-refractivity contribution < 1.29 is 23.1 Å². The molecule has 2 rings (SSSR count). The monoisotopic (exact) mass is 318 g/mol. The van der Waals surface area contributed by atoms with Crippen LogP contribution in [0.4, 0.5) is 5.69 Å². The van der Waals surface area contributed by atoms with Crippen LogP contribution in [0.1, 0.15) is 27.6 Å². The van der Waals surface area contributed by atoms with Gasteiger partial charge in [0.05, 0.1) is 10.9 Å². The van der Waals surface area contributed by atoms with Gasteiger partial charge in [-0.25, -0.2) is 8.42 Å². The van der Waals surface area contributed by atoms with Crippen molar-refractivity contribution in [2.75, 3.05) is 4.72 Å². The second-order valence-corrected chi connectivity index (χ2v) is 6.24. The second kappa shape index (κ2) is 5.98. The molecule has 1 N–H and O–H groups in total. The summed E-state index contributed by atoms with van der Waals surface area (Å²) in [5.74, 6) is -1.66. The van der Waals surface area contributed by atoms with Gasteiger partial charge >= 0.3 is 0 Å². The predicted octanol–water partition coefficient (Wildman–Crippen LogP) is 1.05. The van der Waals surface area contributed by atoms with Crippen molar-refractivity contribution in [3.63, 3.8) is 0 Å². The lowest BCUT2D eigenvalue weighted by Crippen LogP contribution is -2.23. The standard InChI is InChI=1S/C15H13NO5S/c1-10(17)11-4-2-6-13(8-11)16-22(20,21)14-7-3-5-12(9-14)15(18)19/h2-9,16H,1H3,(H,18,19)/p-1. The van der Waals surface area contributed by atoms with Gasteiger partial charge in [-0.05, 0) is 36.8 Å². The molecular formula is C15H12NO5S-. The Morgan fingerprint density at radius 3 is 2.27 bits per heavy atom. The van der Waals surface area contributed by atoms with E-state index in [4.69, 9.17) is 0 Å². The number of nitrogens with one attached hydrogen (secondary N) is 1. The number of anilines is 1. The van der Waals surface area contributed by atoms with Gasteiger partial charge in [0.15, 0.2) is 5.78 Å². The highest BCUT2D eigenvalue weighted by atomic mass is 32.2. The summed E-state index contributed by atoms with van der Waals surface area (Å²) in [6, 6.07) is 10.8. The van der Waals surface area contributed by atoms with Crippen LogP contribution in [-0.4, -0.2) is 20.2 Å². The molecule has 0 saturated carbocycles.